The van der Waals surface area contributed by atoms with Crippen molar-refractivity contribution in [3.05, 3.63) is 67.5 Å². The van der Waals surface area contributed by atoms with E-state index < -0.39 is 0 Å². The molecule has 0 amide bonds. The van der Waals surface area contributed by atoms with E-state index in [9.17, 15) is 4.79 Å². The minimum absolute atomic E-state index is 0.0760. The first-order valence-corrected chi connectivity index (χ1v) is 7.23. The highest BCUT2D eigenvalue weighted by Crippen LogP contribution is 2.24. The van der Waals surface area contributed by atoms with Gasteiger partial charge in [0, 0.05) is 27.0 Å². The quantitative estimate of drug-likeness (QED) is 0.702. The Hall–Kier alpha value is -1.39. The first kappa shape index (κ1) is 11.7. The number of aromatic nitrogens is 1. The summed E-state index contributed by atoms with van der Waals surface area (Å²) in [6.45, 7) is 0.777. The highest BCUT2D eigenvalue weighted by atomic mass is 79.9. The summed E-state index contributed by atoms with van der Waals surface area (Å²) in [7, 11) is 0. The molecule has 2 heterocycles. The molecule has 0 saturated heterocycles. The summed E-state index contributed by atoms with van der Waals surface area (Å²) in [5.41, 5.74) is 1.05. The van der Waals surface area contributed by atoms with Crippen LogP contribution in [-0.2, 0) is 6.54 Å². The number of pyridine rings is 1. The largest absolute Gasteiger partial charge is 0.342 e. The second kappa shape index (κ2) is 4.71. The van der Waals surface area contributed by atoms with Crippen LogP contribution in [0, 0.1) is 0 Å². The fraction of sp³-hybridized carbons (Fsp3) is 0.0714. The first-order chi connectivity index (χ1) is 8.75. The lowest BCUT2D eigenvalue weighted by molar-refractivity contribution is 0.837. The molecule has 0 N–H and O–H groups in total. The average Bonchev–Trinajstić information content (AvgIpc) is 2.79. The van der Waals surface area contributed by atoms with E-state index in [0.717, 1.165) is 21.9 Å². The second-order valence-corrected chi connectivity index (χ2v) is 5.87. The smallest absolute Gasteiger partial charge is 0.189 e. The lowest BCUT2D eigenvalue weighted by Crippen LogP contribution is -2.08. The van der Waals surface area contributed by atoms with Gasteiger partial charge in [-0.25, -0.2) is 0 Å². The van der Waals surface area contributed by atoms with Gasteiger partial charge in [0.1, 0.15) is 0 Å². The Kier molecular flexibility index (Phi) is 3.06. The standard InChI is InChI=1S/C14H10BrNOS/c15-11-6-8-18-14(11)9-16-7-5-13(17)10-3-1-2-4-12(10)16/h1-8H,9H2. The predicted octanol–water partition coefficient (Wildman–Crippen LogP) is 3.87. The van der Waals surface area contributed by atoms with Crippen LogP contribution in [0.15, 0.2) is 57.2 Å². The number of hydrogen-bond acceptors (Lipinski definition) is 2. The van der Waals surface area contributed by atoms with Gasteiger partial charge in [0.25, 0.3) is 0 Å². The fourth-order valence-corrected chi connectivity index (χ4v) is 3.47. The van der Waals surface area contributed by atoms with Crippen molar-refractivity contribution in [2.75, 3.05) is 0 Å². The molecule has 18 heavy (non-hydrogen) atoms. The summed E-state index contributed by atoms with van der Waals surface area (Å²) < 4.78 is 3.23. The number of nitrogens with zero attached hydrogens (tertiary/aromatic N) is 1. The van der Waals surface area contributed by atoms with E-state index in [1.54, 1.807) is 17.4 Å². The Bertz CT molecular complexity index is 760. The minimum Gasteiger partial charge on any atom is -0.342 e. The van der Waals surface area contributed by atoms with E-state index >= 15 is 0 Å². The number of rotatable bonds is 2. The van der Waals surface area contributed by atoms with Crippen molar-refractivity contribution >= 4 is 38.2 Å². The molecule has 3 rings (SSSR count). The first-order valence-electron chi connectivity index (χ1n) is 5.56. The summed E-state index contributed by atoms with van der Waals surface area (Å²) in [6.07, 6.45) is 1.86. The molecule has 90 valence electrons. The Morgan fingerprint density at radius 3 is 2.78 bits per heavy atom. The van der Waals surface area contributed by atoms with Crippen LogP contribution in [0.5, 0.6) is 0 Å². The Morgan fingerprint density at radius 2 is 2.00 bits per heavy atom. The zero-order valence-electron chi connectivity index (χ0n) is 9.47. The third-order valence-electron chi connectivity index (χ3n) is 2.89. The Balaban J connectivity index is 2.16. The topological polar surface area (TPSA) is 22.0 Å². The molecule has 0 aliphatic rings. The summed E-state index contributed by atoms with van der Waals surface area (Å²) in [4.78, 5) is 13.0. The van der Waals surface area contributed by atoms with Crippen molar-refractivity contribution in [1.82, 2.24) is 4.57 Å². The summed E-state index contributed by atoms with van der Waals surface area (Å²) in [5.74, 6) is 0. The predicted molar refractivity (Wildman–Crippen MR) is 79.3 cm³/mol. The van der Waals surface area contributed by atoms with Crippen molar-refractivity contribution in [2.45, 2.75) is 6.54 Å². The number of para-hydroxylation sites is 1. The highest BCUT2D eigenvalue weighted by Gasteiger charge is 2.05. The third-order valence-corrected chi connectivity index (χ3v) is 4.80. The van der Waals surface area contributed by atoms with Crippen molar-refractivity contribution in [3.63, 3.8) is 0 Å². The van der Waals surface area contributed by atoms with E-state index in [1.165, 1.54) is 4.88 Å². The molecule has 3 aromatic rings. The lowest BCUT2D eigenvalue weighted by Gasteiger charge is -2.09. The molecule has 0 atom stereocenters. The molecule has 0 radical (unpaired) electrons. The van der Waals surface area contributed by atoms with Gasteiger partial charge in [-0.05, 0) is 39.5 Å². The van der Waals surface area contributed by atoms with Crippen molar-refractivity contribution in [3.8, 4) is 0 Å². The van der Waals surface area contributed by atoms with Gasteiger partial charge in [-0.15, -0.1) is 11.3 Å². The number of fused-ring (bicyclic) bond motifs is 1. The van der Waals surface area contributed by atoms with Gasteiger partial charge in [-0.1, -0.05) is 12.1 Å². The molecule has 0 aliphatic heterocycles. The van der Waals surface area contributed by atoms with Crippen LogP contribution in [0.1, 0.15) is 4.88 Å². The van der Waals surface area contributed by atoms with Gasteiger partial charge >= 0.3 is 0 Å². The number of thiophene rings is 1. The molecule has 1 aromatic carbocycles. The third kappa shape index (κ3) is 2.02. The highest BCUT2D eigenvalue weighted by molar-refractivity contribution is 9.10. The van der Waals surface area contributed by atoms with Gasteiger partial charge < -0.3 is 4.57 Å². The minimum atomic E-state index is 0.0760. The zero-order valence-corrected chi connectivity index (χ0v) is 11.9. The van der Waals surface area contributed by atoms with Crippen LogP contribution in [-0.4, -0.2) is 4.57 Å². The van der Waals surface area contributed by atoms with Crippen molar-refractivity contribution in [1.29, 1.82) is 0 Å². The van der Waals surface area contributed by atoms with Crippen LogP contribution < -0.4 is 5.43 Å². The lowest BCUT2D eigenvalue weighted by atomic mass is 10.2. The van der Waals surface area contributed by atoms with Crippen LogP contribution >= 0.6 is 27.3 Å². The molecule has 2 nitrogen and oxygen atoms in total. The van der Waals surface area contributed by atoms with Crippen LogP contribution in [0.25, 0.3) is 10.9 Å². The molecule has 0 fully saturated rings. The molecule has 0 unspecified atom stereocenters. The molecule has 0 spiro atoms. The maximum atomic E-state index is 11.8. The van der Waals surface area contributed by atoms with E-state index in [4.69, 9.17) is 0 Å². The molecular weight excluding hydrogens is 310 g/mol. The van der Waals surface area contributed by atoms with Crippen LogP contribution in [0.4, 0.5) is 0 Å². The number of benzene rings is 1. The van der Waals surface area contributed by atoms with Crippen molar-refractivity contribution < 1.29 is 0 Å². The molecule has 0 bridgehead atoms. The molecule has 0 aliphatic carbocycles. The normalized spacial score (nSPS) is 10.9. The monoisotopic (exact) mass is 319 g/mol. The molecule has 4 heteroatoms. The zero-order chi connectivity index (χ0) is 12.5. The number of halogens is 1. The average molecular weight is 320 g/mol. The van der Waals surface area contributed by atoms with Gasteiger partial charge in [-0.2, -0.15) is 0 Å². The van der Waals surface area contributed by atoms with Gasteiger partial charge in [0.15, 0.2) is 5.43 Å². The second-order valence-electron chi connectivity index (χ2n) is 4.02. The van der Waals surface area contributed by atoms with E-state index in [0.29, 0.717) is 0 Å². The van der Waals surface area contributed by atoms with E-state index in [1.807, 2.05) is 36.5 Å². The van der Waals surface area contributed by atoms with Gasteiger partial charge in [0.2, 0.25) is 0 Å². The molecule has 0 saturated carbocycles. The summed E-state index contributed by atoms with van der Waals surface area (Å²) >= 11 is 5.25. The van der Waals surface area contributed by atoms with Crippen LogP contribution in [0.2, 0.25) is 0 Å². The van der Waals surface area contributed by atoms with E-state index in [2.05, 4.69) is 25.9 Å². The summed E-state index contributed by atoms with van der Waals surface area (Å²) in [6, 6.07) is 11.4. The van der Waals surface area contributed by atoms with E-state index in [-0.39, 0.29) is 5.43 Å². The van der Waals surface area contributed by atoms with Gasteiger partial charge in [-0.3, -0.25) is 4.79 Å². The van der Waals surface area contributed by atoms with Crippen molar-refractivity contribution in [2.24, 2.45) is 0 Å². The number of hydrogen-bond donors (Lipinski definition) is 0. The fourth-order valence-electron chi connectivity index (χ4n) is 1.99. The van der Waals surface area contributed by atoms with Gasteiger partial charge in [0.05, 0.1) is 12.1 Å². The maximum Gasteiger partial charge on any atom is 0.189 e. The molecule has 2 aromatic heterocycles. The summed E-state index contributed by atoms with van der Waals surface area (Å²) in [5, 5.41) is 2.83. The van der Waals surface area contributed by atoms with Crippen LogP contribution in [0.3, 0.4) is 0 Å². The SMILES string of the molecule is O=c1ccn(Cc2sccc2Br)c2ccccc12. The Morgan fingerprint density at radius 1 is 1.17 bits per heavy atom. The maximum absolute atomic E-state index is 11.8. The Labute approximate surface area is 117 Å². The molecular formula is C14H10BrNOS.